The lowest BCUT2D eigenvalue weighted by atomic mass is 10.00. The molecule has 2 aromatic rings. The fourth-order valence-electron chi connectivity index (χ4n) is 3.41. The van der Waals surface area contributed by atoms with Gasteiger partial charge in [-0.15, -0.1) is 0 Å². The molecular weight excluding hydrogens is 306 g/mol. The van der Waals surface area contributed by atoms with Crippen LogP contribution in [-0.2, 0) is 0 Å². The van der Waals surface area contributed by atoms with Crippen LogP contribution < -0.4 is 4.90 Å². The van der Waals surface area contributed by atoms with Crippen LogP contribution in [0.15, 0.2) is 24.3 Å². The number of benzene rings is 1. The summed E-state index contributed by atoms with van der Waals surface area (Å²) in [6.45, 7) is 6.41. The van der Waals surface area contributed by atoms with Crippen molar-refractivity contribution in [1.82, 2.24) is 9.97 Å². The van der Waals surface area contributed by atoms with Crippen LogP contribution in [0.5, 0.6) is 0 Å². The van der Waals surface area contributed by atoms with Crippen molar-refractivity contribution in [1.29, 1.82) is 0 Å². The first-order valence-corrected chi connectivity index (χ1v) is 9.14. The molecule has 3 nitrogen and oxygen atoms in total. The SMILES string of the molecule is Cc1ccc(-c2cc([C]3[CH][CH][CH][CH]3)nc(N3CCCCC3)n2)cc1C. The largest absolute Gasteiger partial charge is 0.341 e. The molecule has 0 bridgehead atoms. The summed E-state index contributed by atoms with van der Waals surface area (Å²) >= 11 is 0. The Morgan fingerprint density at radius 1 is 0.800 bits per heavy atom. The second-order valence-corrected chi connectivity index (χ2v) is 6.96. The van der Waals surface area contributed by atoms with Gasteiger partial charge < -0.3 is 4.90 Å². The maximum Gasteiger partial charge on any atom is 0.226 e. The van der Waals surface area contributed by atoms with E-state index in [0.29, 0.717) is 0 Å². The number of hydrogen-bond acceptors (Lipinski definition) is 3. The highest BCUT2D eigenvalue weighted by molar-refractivity contribution is 5.65. The topological polar surface area (TPSA) is 29.0 Å². The van der Waals surface area contributed by atoms with E-state index in [4.69, 9.17) is 9.97 Å². The molecule has 0 unspecified atom stereocenters. The first kappa shape index (κ1) is 16.6. The van der Waals surface area contributed by atoms with Crippen LogP contribution in [0.4, 0.5) is 5.95 Å². The Morgan fingerprint density at radius 2 is 1.52 bits per heavy atom. The van der Waals surface area contributed by atoms with Gasteiger partial charge in [-0.3, -0.25) is 0 Å². The fourth-order valence-corrected chi connectivity index (χ4v) is 3.41. The summed E-state index contributed by atoms with van der Waals surface area (Å²) in [7, 11) is 0. The predicted molar refractivity (Wildman–Crippen MR) is 103 cm³/mol. The van der Waals surface area contributed by atoms with E-state index in [0.717, 1.165) is 41.9 Å². The molecule has 0 N–H and O–H groups in total. The Morgan fingerprint density at radius 3 is 2.24 bits per heavy atom. The molecular formula is C22H24N3. The summed E-state index contributed by atoms with van der Waals surface area (Å²) < 4.78 is 0. The molecule has 0 spiro atoms. The van der Waals surface area contributed by atoms with Gasteiger partial charge in [-0.25, -0.2) is 9.97 Å². The van der Waals surface area contributed by atoms with E-state index in [-0.39, 0.29) is 0 Å². The van der Waals surface area contributed by atoms with Gasteiger partial charge in [-0.2, -0.15) is 0 Å². The van der Waals surface area contributed by atoms with Crippen LogP contribution in [-0.4, -0.2) is 23.1 Å². The molecule has 1 saturated heterocycles. The third kappa shape index (κ3) is 3.56. The summed E-state index contributed by atoms with van der Waals surface area (Å²) in [6.07, 6.45) is 12.1. The third-order valence-corrected chi connectivity index (χ3v) is 5.11. The highest BCUT2D eigenvalue weighted by Crippen LogP contribution is 2.32. The van der Waals surface area contributed by atoms with Gasteiger partial charge in [0.05, 0.1) is 11.4 Å². The molecule has 4 rings (SSSR count). The van der Waals surface area contributed by atoms with Crippen LogP contribution in [0.1, 0.15) is 36.1 Å². The van der Waals surface area contributed by atoms with E-state index < -0.39 is 0 Å². The predicted octanol–water partition coefficient (Wildman–Crippen LogP) is 4.50. The van der Waals surface area contributed by atoms with E-state index in [2.05, 4.69) is 68.7 Å². The number of aromatic nitrogens is 2. The van der Waals surface area contributed by atoms with Gasteiger partial charge >= 0.3 is 0 Å². The average molecular weight is 330 g/mol. The van der Waals surface area contributed by atoms with Crippen LogP contribution in [0.25, 0.3) is 11.3 Å². The van der Waals surface area contributed by atoms with Crippen molar-refractivity contribution in [3.8, 4) is 11.3 Å². The van der Waals surface area contributed by atoms with E-state index >= 15 is 0 Å². The highest BCUT2D eigenvalue weighted by atomic mass is 15.3. The molecule has 2 fully saturated rings. The van der Waals surface area contributed by atoms with Crippen LogP contribution >= 0.6 is 0 Å². The van der Waals surface area contributed by atoms with Gasteiger partial charge in [0.1, 0.15) is 0 Å². The van der Waals surface area contributed by atoms with Gasteiger partial charge in [0.2, 0.25) is 5.95 Å². The standard InChI is InChI=1S/C22H24N3/c1-16-10-11-19(14-17(16)2)21-15-20(18-8-4-5-9-18)23-22(24-21)25-12-6-3-7-13-25/h4-5,8-11,14-15H,3,6-7,12-13H2,1-2H3. The number of nitrogens with zero attached hydrogens (tertiary/aromatic N) is 3. The second-order valence-electron chi connectivity index (χ2n) is 6.96. The Bertz CT molecular complexity index is 741. The normalized spacial score (nSPS) is 18.7. The summed E-state index contributed by atoms with van der Waals surface area (Å²) in [5, 5.41) is 0. The van der Waals surface area contributed by atoms with Crippen molar-refractivity contribution in [3.63, 3.8) is 0 Å². The molecule has 1 aliphatic carbocycles. The van der Waals surface area contributed by atoms with Crippen LogP contribution in [0.2, 0.25) is 0 Å². The first-order valence-electron chi connectivity index (χ1n) is 9.14. The number of aryl methyl sites for hydroxylation is 2. The van der Waals surface area contributed by atoms with Crippen molar-refractivity contribution < 1.29 is 0 Å². The summed E-state index contributed by atoms with van der Waals surface area (Å²) in [4.78, 5) is 12.1. The molecule has 1 saturated carbocycles. The molecule has 1 aliphatic heterocycles. The Hall–Kier alpha value is -1.90. The van der Waals surface area contributed by atoms with Crippen molar-refractivity contribution in [3.05, 3.63) is 72.7 Å². The van der Waals surface area contributed by atoms with E-state index in [9.17, 15) is 0 Å². The lowest BCUT2D eigenvalue weighted by molar-refractivity contribution is 0.568. The lowest BCUT2D eigenvalue weighted by Crippen LogP contribution is -2.31. The quantitative estimate of drug-likeness (QED) is 0.829. The van der Waals surface area contributed by atoms with Gasteiger partial charge in [0, 0.05) is 24.6 Å². The Kier molecular flexibility index (Phi) is 4.74. The van der Waals surface area contributed by atoms with Crippen LogP contribution in [0, 0.1) is 45.4 Å². The van der Waals surface area contributed by atoms with E-state index in [1.54, 1.807) is 0 Å². The monoisotopic (exact) mass is 330 g/mol. The van der Waals surface area contributed by atoms with E-state index in [1.807, 2.05) is 0 Å². The Labute approximate surface area is 151 Å². The number of hydrogen-bond donors (Lipinski definition) is 0. The van der Waals surface area contributed by atoms with Gasteiger partial charge in [-0.1, -0.05) is 12.1 Å². The minimum atomic E-state index is 0.867. The summed E-state index contributed by atoms with van der Waals surface area (Å²) in [5.74, 6) is 2.03. The Balaban J connectivity index is 1.75. The van der Waals surface area contributed by atoms with Crippen LogP contribution in [0.3, 0.4) is 0 Å². The zero-order valence-electron chi connectivity index (χ0n) is 15.0. The molecule has 2 aliphatic rings. The highest BCUT2D eigenvalue weighted by Gasteiger charge is 2.24. The van der Waals surface area contributed by atoms with Gasteiger partial charge in [-0.05, 0) is 82.1 Å². The molecule has 1 aromatic heterocycles. The maximum atomic E-state index is 4.92. The number of piperidine rings is 1. The molecule has 0 atom stereocenters. The van der Waals surface area contributed by atoms with Gasteiger partial charge in [0.25, 0.3) is 0 Å². The summed E-state index contributed by atoms with van der Waals surface area (Å²) in [6, 6.07) is 8.69. The zero-order valence-corrected chi connectivity index (χ0v) is 15.0. The van der Waals surface area contributed by atoms with Crippen molar-refractivity contribution in [2.45, 2.75) is 33.1 Å². The first-order chi connectivity index (χ1) is 12.2. The van der Waals surface area contributed by atoms with E-state index in [1.165, 1.54) is 30.4 Å². The number of anilines is 1. The van der Waals surface area contributed by atoms with Crippen molar-refractivity contribution >= 4 is 5.95 Å². The maximum absolute atomic E-state index is 4.92. The lowest BCUT2D eigenvalue weighted by Gasteiger charge is -2.27. The third-order valence-electron chi connectivity index (χ3n) is 5.11. The molecule has 25 heavy (non-hydrogen) atoms. The second kappa shape index (κ2) is 7.15. The molecule has 2 heterocycles. The fraction of sp³-hybridized carbons (Fsp3) is 0.318. The molecule has 0 amide bonds. The minimum Gasteiger partial charge on any atom is -0.341 e. The molecule has 3 heteroatoms. The number of rotatable bonds is 3. The molecule has 1 aromatic carbocycles. The van der Waals surface area contributed by atoms with Gasteiger partial charge in [0.15, 0.2) is 0 Å². The zero-order chi connectivity index (χ0) is 17.2. The average Bonchev–Trinajstić information content (AvgIpc) is 3.19. The van der Waals surface area contributed by atoms with Crippen molar-refractivity contribution in [2.75, 3.05) is 18.0 Å². The van der Waals surface area contributed by atoms with Crippen molar-refractivity contribution in [2.24, 2.45) is 0 Å². The molecule has 127 valence electrons. The summed E-state index contributed by atoms with van der Waals surface area (Å²) in [5.41, 5.74) is 5.79. The molecule has 5 radical (unpaired) electrons. The minimum absolute atomic E-state index is 0.867. The smallest absolute Gasteiger partial charge is 0.226 e.